The van der Waals surface area contributed by atoms with Crippen LogP contribution in [0, 0.1) is 5.92 Å². The molecule has 2 nitrogen and oxygen atoms in total. The molecule has 1 aliphatic carbocycles. The first-order chi connectivity index (χ1) is 10.2. The second-order valence-electron chi connectivity index (χ2n) is 6.23. The summed E-state index contributed by atoms with van der Waals surface area (Å²) >= 11 is 0. The van der Waals surface area contributed by atoms with Gasteiger partial charge < -0.3 is 11.5 Å². The van der Waals surface area contributed by atoms with Crippen LogP contribution in [0.15, 0.2) is 54.6 Å². The van der Waals surface area contributed by atoms with E-state index in [0.29, 0.717) is 17.9 Å². The third-order valence-corrected chi connectivity index (χ3v) is 4.74. The predicted octanol–water partition coefficient (Wildman–Crippen LogP) is 3.92. The zero-order valence-electron chi connectivity index (χ0n) is 12.4. The molecule has 1 aliphatic rings. The smallest absolute Gasteiger partial charge is 0.0314 e. The molecule has 0 bridgehead atoms. The molecule has 3 rings (SSSR count). The van der Waals surface area contributed by atoms with E-state index in [1.807, 2.05) is 12.1 Å². The number of benzene rings is 2. The first-order valence-electron chi connectivity index (χ1n) is 7.90. The minimum absolute atomic E-state index is 0.393. The van der Waals surface area contributed by atoms with Gasteiger partial charge in [0.05, 0.1) is 0 Å². The van der Waals surface area contributed by atoms with Crippen molar-refractivity contribution in [3.05, 3.63) is 65.7 Å². The van der Waals surface area contributed by atoms with E-state index < -0.39 is 0 Å². The average Bonchev–Trinajstić information content (AvgIpc) is 2.52. The maximum absolute atomic E-state index is 6.08. The highest BCUT2D eigenvalue weighted by Gasteiger charge is 2.28. The topological polar surface area (TPSA) is 52.0 Å². The second kappa shape index (κ2) is 6.31. The lowest BCUT2D eigenvalue weighted by molar-refractivity contribution is 0.301. The normalized spacial score (nSPS) is 23.7. The van der Waals surface area contributed by atoms with Crippen LogP contribution < -0.4 is 11.5 Å². The van der Waals surface area contributed by atoms with Gasteiger partial charge in [-0.3, -0.25) is 0 Å². The monoisotopic (exact) mass is 280 g/mol. The van der Waals surface area contributed by atoms with Crippen LogP contribution in [0.3, 0.4) is 0 Å². The first kappa shape index (κ1) is 14.2. The zero-order chi connectivity index (χ0) is 14.7. The molecule has 0 saturated heterocycles. The molecule has 0 heterocycles. The van der Waals surface area contributed by atoms with Crippen molar-refractivity contribution in [1.82, 2.24) is 0 Å². The number of hydrogen-bond acceptors (Lipinski definition) is 2. The van der Waals surface area contributed by atoms with Crippen molar-refractivity contribution in [1.29, 1.82) is 0 Å². The molecule has 1 unspecified atom stereocenters. The van der Waals surface area contributed by atoms with Crippen LogP contribution in [-0.4, -0.2) is 6.04 Å². The maximum Gasteiger partial charge on any atom is 0.0314 e. The summed E-state index contributed by atoms with van der Waals surface area (Å²) in [6.07, 6.45) is 4.71. The lowest BCUT2D eigenvalue weighted by Gasteiger charge is -2.33. The Morgan fingerprint density at radius 1 is 0.762 bits per heavy atom. The predicted molar refractivity (Wildman–Crippen MR) is 89.1 cm³/mol. The standard InChI is InChI=1S/C19H24N2/c20-17-10-6-15(7-11-17)19(14-4-2-1-3-5-14)16-8-12-18(21)13-9-16/h1-7,10-11,16,18-19H,8-9,12-13,20-21H2. The van der Waals surface area contributed by atoms with E-state index in [0.717, 1.165) is 18.5 Å². The fraction of sp³-hybridized carbons (Fsp3) is 0.368. The molecule has 1 atom stereocenters. The number of nitrogen functional groups attached to an aromatic ring is 1. The van der Waals surface area contributed by atoms with Gasteiger partial charge in [0.2, 0.25) is 0 Å². The highest BCUT2D eigenvalue weighted by atomic mass is 14.6. The van der Waals surface area contributed by atoms with Gasteiger partial charge in [-0.1, -0.05) is 42.5 Å². The van der Waals surface area contributed by atoms with Crippen molar-refractivity contribution in [3.63, 3.8) is 0 Å². The number of nitrogens with two attached hydrogens (primary N) is 2. The number of hydrogen-bond donors (Lipinski definition) is 2. The van der Waals surface area contributed by atoms with Crippen molar-refractivity contribution in [3.8, 4) is 0 Å². The molecular weight excluding hydrogens is 256 g/mol. The van der Waals surface area contributed by atoms with Gasteiger partial charge in [0.25, 0.3) is 0 Å². The molecule has 0 aliphatic heterocycles. The van der Waals surface area contributed by atoms with E-state index in [4.69, 9.17) is 11.5 Å². The van der Waals surface area contributed by atoms with E-state index in [-0.39, 0.29) is 0 Å². The Hall–Kier alpha value is -1.80. The molecular formula is C19H24N2. The summed E-state index contributed by atoms with van der Waals surface area (Å²) in [7, 11) is 0. The van der Waals surface area contributed by atoms with Crippen LogP contribution in [0.2, 0.25) is 0 Å². The second-order valence-corrected chi connectivity index (χ2v) is 6.23. The number of anilines is 1. The summed E-state index contributed by atoms with van der Waals surface area (Å²) in [6.45, 7) is 0. The third-order valence-electron chi connectivity index (χ3n) is 4.74. The molecule has 2 heteroatoms. The fourth-order valence-corrected chi connectivity index (χ4v) is 3.58. The Morgan fingerprint density at radius 2 is 1.33 bits per heavy atom. The Balaban J connectivity index is 1.93. The summed E-state index contributed by atoms with van der Waals surface area (Å²) in [6, 6.07) is 19.6. The van der Waals surface area contributed by atoms with Crippen molar-refractivity contribution in [2.24, 2.45) is 11.7 Å². The van der Waals surface area contributed by atoms with Crippen molar-refractivity contribution in [2.45, 2.75) is 37.6 Å². The van der Waals surface area contributed by atoms with Crippen LogP contribution in [0.25, 0.3) is 0 Å². The summed E-state index contributed by atoms with van der Waals surface area (Å²) in [5.41, 5.74) is 15.5. The largest absolute Gasteiger partial charge is 0.399 e. The van der Waals surface area contributed by atoms with E-state index >= 15 is 0 Å². The fourth-order valence-electron chi connectivity index (χ4n) is 3.58. The van der Waals surface area contributed by atoms with Gasteiger partial charge in [-0.05, 0) is 54.9 Å². The van der Waals surface area contributed by atoms with Gasteiger partial charge in [0, 0.05) is 17.6 Å². The Kier molecular flexibility index (Phi) is 4.26. The molecule has 2 aromatic rings. The zero-order valence-corrected chi connectivity index (χ0v) is 12.4. The Morgan fingerprint density at radius 3 is 1.95 bits per heavy atom. The first-order valence-corrected chi connectivity index (χ1v) is 7.90. The van der Waals surface area contributed by atoms with Gasteiger partial charge in [-0.2, -0.15) is 0 Å². The Labute approximate surface area is 127 Å². The highest BCUT2D eigenvalue weighted by Crippen LogP contribution is 2.40. The molecule has 0 radical (unpaired) electrons. The quantitative estimate of drug-likeness (QED) is 0.837. The van der Waals surface area contributed by atoms with E-state index in [9.17, 15) is 0 Å². The molecule has 1 fully saturated rings. The van der Waals surface area contributed by atoms with Gasteiger partial charge in [0.15, 0.2) is 0 Å². The SMILES string of the molecule is Nc1ccc(C(c2ccccc2)C2CCC(N)CC2)cc1. The van der Waals surface area contributed by atoms with Crippen molar-refractivity contribution in [2.75, 3.05) is 5.73 Å². The van der Waals surface area contributed by atoms with Crippen LogP contribution in [0.4, 0.5) is 5.69 Å². The summed E-state index contributed by atoms with van der Waals surface area (Å²) in [5, 5.41) is 0. The van der Waals surface area contributed by atoms with E-state index in [2.05, 4.69) is 42.5 Å². The van der Waals surface area contributed by atoms with E-state index in [1.54, 1.807) is 0 Å². The lowest BCUT2D eigenvalue weighted by Crippen LogP contribution is -2.29. The number of rotatable bonds is 3. The summed E-state index contributed by atoms with van der Waals surface area (Å²) in [4.78, 5) is 0. The minimum atomic E-state index is 0.393. The minimum Gasteiger partial charge on any atom is -0.399 e. The van der Waals surface area contributed by atoms with Crippen LogP contribution >= 0.6 is 0 Å². The molecule has 110 valence electrons. The molecule has 1 saturated carbocycles. The van der Waals surface area contributed by atoms with Crippen molar-refractivity contribution < 1.29 is 0 Å². The van der Waals surface area contributed by atoms with Gasteiger partial charge in [-0.25, -0.2) is 0 Å². The maximum atomic E-state index is 6.08. The molecule has 0 spiro atoms. The van der Waals surface area contributed by atoms with E-state index in [1.165, 1.54) is 24.0 Å². The summed E-state index contributed by atoms with van der Waals surface area (Å²) < 4.78 is 0. The molecule has 21 heavy (non-hydrogen) atoms. The van der Waals surface area contributed by atoms with Gasteiger partial charge in [0.1, 0.15) is 0 Å². The molecule has 4 N–H and O–H groups in total. The third kappa shape index (κ3) is 3.27. The van der Waals surface area contributed by atoms with Crippen LogP contribution in [-0.2, 0) is 0 Å². The van der Waals surface area contributed by atoms with Crippen LogP contribution in [0.5, 0.6) is 0 Å². The Bertz CT molecular complexity index is 554. The molecule has 2 aromatic carbocycles. The van der Waals surface area contributed by atoms with Gasteiger partial charge >= 0.3 is 0 Å². The van der Waals surface area contributed by atoms with Gasteiger partial charge in [-0.15, -0.1) is 0 Å². The molecule has 0 amide bonds. The lowest BCUT2D eigenvalue weighted by atomic mass is 9.72. The van der Waals surface area contributed by atoms with Crippen LogP contribution in [0.1, 0.15) is 42.7 Å². The summed E-state index contributed by atoms with van der Waals surface area (Å²) in [5.74, 6) is 1.13. The highest BCUT2D eigenvalue weighted by molar-refractivity contribution is 5.43. The average molecular weight is 280 g/mol. The molecule has 0 aromatic heterocycles. The van der Waals surface area contributed by atoms with Crippen molar-refractivity contribution >= 4 is 5.69 Å².